The highest BCUT2D eigenvalue weighted by molar-refractivity contribution is 6.02. The van der Waals surface area contributed by atoms with Crippen LogP contribution in [0.3, 0.4) is 0 Å². The average molecular weight is 223 g/mol. The minimum absolute atomic E-state index is 0.0890. The summed E-state index contributed by atoms with van der Waals surface area (Å²) >= 11 is 0. The van der Waals surface area contributed by atoms with Gasteiger partial charge in [-0.2, -0.15) is 0 Å². The molecule has 1 rings (SSSR count). The summed E-state index contributed by atoms with van der Waals surface area (Å²) in [5, 5.41) is 0.465. The normalized spacial score (nSPS) is 13.2. The summed E-state index contributed by atoms with van der Waals surface area (Å²) in [4.78, 5) is 37.0. The maximum atomic E-state index is 10.9. The van der Waals surface area contributed by atoms with Gasteiger partial charge >= 0.3 is 5.97 Å². The van der Waals surface area contributed by atoms with E-state index in [1.807, 2.05) is 6.92 Å². The Morgan fingerprint density at radius 3 is 2.25 bits per heavy atom. The fourth-order valence-corrected chi connectivity index (χ4v) is 0.866. The van der Waals surface area contributed by atoms with E-state index in [4.69, 9.17) is 0 Å². The van der Waals surface area contributed by atoms with Crippen LogP contribution in [-0.2, 0) is 19.2 Å². The van der Waals surface area contributed by atoms with Crippen LogP contribution in [-0.4, -0.2) is 22.8 Å². The Morgan fingerprint density at radius 1 is 1.44 bits per heavy atom. The van der Waals surface area contributed by atoms with Crippen molar-refractivity contribution in [2.45, 2.75) is 26.7 Å². The molecule has 1 saturated heterocycles. The van der Waals surface area contributed by atoms with Crippen molar-refractivity contribution < 1.29 is 19.2 Å². The lowest BCUT2D eigenvalue weighted by molar-refractivity contribution is -0.193. The van der Waals surface area contributed by atoms with Crippen LogP contribution in [0.25, 0.3) is 0 Å². The van der Waals surface area contributed by atoms with Crippen molar-refractivity contribution in [2.75, 3.05) is 0 Å². The molecule has 0 aliphatic carbocycles. The molecule has 0 unspecified atom stereocenters. The second-order valence-electron chi connectivity index (χ2n) is 2.74. The van der Waals surface area contributed by atoms with Gasteiger partial charge in [-0.25, -0.2) is 4.79 Å². The lowest BCUT2D eigenvalue weighted by atomic mass is 10.4. The SMILES string of the molecule is C=CC.CC#CC(=O)ON1C(=O)CCC1=O. The molecule has 5 nitrogen and oxygen atoms in total. The quantitative estimate of drug-likeness (QED) is 0.375. The van der Waals surface area contributed by atoms with Gasteiger partial charge in [0.15, 0.2) is 0 Å². The molecule has 0 saturated carbocycles. The molecule has 0 aromatic rings. The van der Waals surface area contributed by atoms with Crippen molar-refractivity contribution in [1.82, 2.24) is 5.06 Å². The fraction of sp³-hybridized carbons (Fsp3) is 0.364. The topological polar surface area (TPSA) is 63.7 Å². The van der Waals surface area contributed by atoms with E-state index >= 15 is 0 Å². The molecule has 16 heavy (non-hydrogen) atoms. The molecule has 1 aliphatic rings. The van der Waals surface area contributed by atoms with E-state index in [1.54, 1.807) is 6.08 Å². The summed E-state index contributed by atoms with van der Waals surface area (Å²) in [6, 6.07) is 0. The van der Waals surface area contributed by atoms with Crippen LogP contribution in [0.5, 0.6) is 0 Å². The second-order valence-corrected chi connectivity index (χ2v) is 2.74. The van der Waals surface area contributed by atoms with Crippen LogP contribution >= 0.6 is 0 Å². The predicted octanol–water partition coefficient (Wildman–Crippen LogP) is 0.809. The van der Waals surface area contributed by atoms with Crippen molar-refractivity contribution in [3.8, 4) is 11.8 Å². The lowest BCUT2D eigenvalue weighted by Gasteiger charge is -2.09. The van der Waals surface area contributed by atoms with Crippen LogP contribution in [0.1, 0.15) is 26.7 Å². The molecule has 0 aromatic carbocycles. The van der Waals surface area contributed by atoms with E-state index in [0.717, 1.165) is 0 Å². The molecule has 1 heterocycles. The first-order valence-corrected chi connectivity index (χ1v) is 4.64. The first kappa shape index (κ1) is 13.9. The Kier molecular flexibility index (Phi) is 6.29. The molecular weight excluding hydrogens is 210 g/mol. The highest BCUT2D eigenvalue weighted by atomic mass is 16.7. The third kappa shape index (κ3) is 4.42. The van der Waals surface area contributed by atoms with Crippen molar-refractivity contribution in [3.63, 3.8) is 0 Å². The zero-order chi connectivity index (χ0) is 12.6. The summed E-state index contributed by atoms with van der Waals surface area (Å²) in [6.45, 7) is 6.70. The molecule has 86 valence electrons. The Bertz CT molecular complexity index is 346. The minimum Gasteiger partial charge on any atom is -0.318 e. The zero-order valence-electron chi connectivity index (χ0n) is 9.28. The molecule has 0 radical (unpaired) electrons. The van der Waals surface area contributed by atoms with Crippen molar-refractivity contribution in [1.29, 1.82) is 0 Å². The fourth-order valence-electron chi connectivity index (χ4n) is 0.866. The molecule has 5 heteroatoms. The van der Waals surface area contributed by atoms with E-state index in [1.165, 1.54) is 6.92 Å². The number of rotatable bonds is 1. The Hall–Kier alpha value is -2.09. The Morgan fingerprint density at radius 2 is 1.88 bits per heavy atom. The van der Waals surface area contributed by atoms with E-state index in [2.05, 4.69) is 23.3 Å². The minimum atomic E-state index is -0.897. The monoisotopic (exact) mass is 223 g/mol. The van der Waals surface area contributed by atoms with E-state index < -0.39 is 17.8 Å². The third-order valence-electron chi connectivity index (χ3n) is 1.41. The number of amides is 2. The third-order valence-corrected chi connectivity index (χ3v) is 1.41. The average Bonchev–Trinajstić information content (AvgIpc) is 2.51. The number of hydroxylamine groups is 2. The largest absolute Gasteiger partial charge is 0.409 e. The van der Waals surface area contributed by atoms with Crippen LogP contribution in [0.2, 0.25) is 0 Å². The molecule has 0 spiro atoms. The van der Waals surface area contributed by atoms with Gasteiger partial charge in [0.05, 0.1) is 0 Å². The summed E-state index contributed by atoms with van der Waals surface area (Å²) < 4.78 is 0. The van der Waals surface area contributed by atoms with Crippen molar-refractivity contribution in [3.05, 3.63) is 12.7 Å². The summed E-state index contributed by atoms with van der Waals surface area (Å²) in [5.74, 6) is 2.45. The highest BCUT2D eigenvalue weighted by Crippen LogP contribution is 2.11. The van der Waals surface area contributed by atoms with Gasteiger partial charge in [0.25, 0.3) is 11.8 Å². The van der Waals surface area contributed by atoms with Crippen LogP contribution in [0.15, 0.2) is 12.7 Å². The van der Waals surface area contributed by atoms with Gasteiger partial charge in [-0.3, -0.25) is 9.59 Å². The molecule has 0 bridgehead atoms. The first-order valence-electron chi connectivity index (χ1n) is 4.64. The number of hydrogen-bond acceptors (Lipinski definition) is 4. The number of imide groups is 1. The molecule has 0 aromatic heterocycles. The van der Waals surface area contributed by atoms with Gasteiger partial charge in [0.2, 0.25) is 0 Å². The molecule has 0 atom stereocenters. The second kappa shape index (κ2) is 7.23. The van der Waals surface area contributed by atoms with Crippen molar-refractivity contribution >= 4 is 17.8 Å². The van der Waals surface area contributed by atoms with Crippen molar-refractivity contribution in [2.24, 2.45) is 0 Å². The molecular formula is C11H13NO4. The summed E-state index contributed by atoms with van der Waals surface area (Å²) in [6.07, 6.45) is 1.93. The number of nitrogens with zero attached hydrogens (tertiary/aromatic N) is 1. The molecule has 1 aliphatic heterocycles. The van der Waals surface area contributed by atoms with Gasteiger partial charge in [-0.15, -0.1) is 11.6 Å². The number of carbonyl (C=O) groups excluding carboxylic acids is 3. The van der Waals surface area contributed by atoms with E-state index in [9.17, 15) is 14.4 Å². The van der Waals surface area contributed by atoms with Gasteiger partial charge in [-0.05, 0) is 13.8 Å². The van der Waals surface area contributed by atoms with Crippen LogP contribution < -0.4 is 0 Å². The summed E-state index contributed by atoms with van der Waals surface area (Å²) in [5.41, 5.74) is 0. The maximum absolute atomic E-state index is 10.9. The standard InChI is InChI=1S/C8H7NO4.C3H6/c1-2-3-8(12)13-9-6(10)4-5-7(9)11;1-3-2/h4-5H2,1H3;3H,1H2,2H3. The Balaban J connectivity index is 0.000000673. The van der Waals surface area contributed by atoms with E-state index in [-0.39, 0.29) is 12.8 Å². The smallest absolute Gasteiger partial charge is 0.318 e. The number of carbonyl (C=O) groups is 3. The van der Waals surface area contributed by atoms with Crippen LogP contribution in [0, 0.1) is 11.8 Å². The molecule has 1 fully saturated rings. The van der Waals surface area contributed by atoms with Crippen LogP contribution in [0.4, 0.5) is 0 Å². The van der Waals surface area contributed by atoms with Gasteiger partial charge in [0.1, 0.15) is 0 Å². The maximum Gasteiger partial charge on any atom is 0.409 e. The first-order chi connectivity index (χ1) is 7.56. The van der Waals surface area contributed by atoms with Gasteiger partial charge < -0.3 is 4.84 Å². The summed E-state index contributed by atoms with van der Waals surface area (Å²) in [7, 11) is 0. The highest BCUT2D eigenvalue weighted by Gasteiger charge is 2.32. The molecule has 0 N–H and O–H groups in total. The number of hydrogen-bond donors (Lipinski definition) is 0. The number of allylic oxidation sites excluding steroid dienone is 1. The zero-order valence-corrected chi connectivity index (χ0v) is 9.28. The predicted molar refractivity (Wildman–Crippen MR) is 56.5 cm³/mol. The van der Waals surface area contributed by atoms with Gasteiger partial charge in [0, 0.05) is 18.8 Å². The Labute approximate surface area is 94.0 Å². The lowest BCUT2D eigenvalue weighted by Crippen LogP contribution is -2.31. The molecule has 2 amide bonds. The van der Waals surface area contributed by atoms with Gasteiger partial charge in [-0.1, -0.05) is 12.0 Å². The van der Waals surface area contributed by atoms with E-state index in [0.29, 0.717) is 5.06 Å².